The zero-order valence-electron chi connectivity index (χ0n) is 14.8. The molecule has 1 aliphatic heterocycles. The first-order valence-electron chi connectivity index (χ1n) is 9.11. The minimum atomic E-state index is -3.69. The second-order valence-electron chi connectivity index (χ2n) is 7.33. The molecule has 1 amide bonds. The van der Waals surface area contributed by atoms with Crippen LogP contribution in [0, 0.1) is 12.8 Å². The molecule has 0 bridgehead atoms. The van der Waals surface area contributed by atoms with E-state index in [0.717, 1.165) is 30.2 Å². The summed E-state index contributed by atoms with van der Waals surface area (Å²) in [6.45, 7) is 2.61. The van der Waals surface area contributed by atoms with Crippen LogP contribution >= 0.6 is 0 Å². The SMILES string of the molecule is Cc1cnc2c(S(=O)(=O)N3CCC[C@H](C(=O)NC4CC4)C3)cccc2c1. The van der Waals surface area contributed by atoms with Crippen LogP contribution in [0.15, 0.2) is 35.4 Å². The fourth-order valence-electron chi connectivity index (χ4n) is 3.51. The Morgan fingerprint density at radius 3 is 2.85 bits per heavy atom. The molecule has 6 nitrogen and oxygen atoms in total. The normalized spacial score (nSPS) is 21.7. The Morgan fingerprint density at radius 2 is 2.08 bits per heavy atom. The van der Waals surface area contributed by atoms with Crippen LogP contribution in [0.5, 0.6) is 0 Å². The molecule has 1 N–H and O–H groups in total. The van der Waals surface area contributed by atoms with Gasteiger partial charge in [-0.1, -0.05) is 12.1 Å². The molecule has 1 saturated carbocycles. The van der Waals surface area contributed by atoms with Crippen molar-refractivity contribution in [1.29, 1.82) is 0 Å². The highest BCUT2D eigenvalue weighted by Gasteiger charge is 2.35. The molecular formula is C19H23N3O3S. The predicted octanol–water partition coefficient (Wildman–Crippen LogP) is 2.22. The molecule has 26 heavy (non-hydrogen) atoms. The molecule has 7 heteroatoms. The Balaban J connectivity index is 1.62. The van der Waals surface area contributed by atoms with E-state index in [1.165, 1.54) is 4.31 Å². The van der Waals surface area contributed by atoms with Crippen LogP contribution in [0.3, 0.4) is 0 Å². The van der Waals surface area contributed by atoms with Gasteiger partial charge in [-0.3, -0.25) is 9.78 Å². The third kappa shape index (κ3) is 3.33. The van der Waals surface area contributed by atoms with Gasteiger partial charge in [0.25, 0.3) is 0 Å². The topological polar surface area (TPSA) is 79.4 Å². The van der Waals surface area contributed by atoms with Crippen molar-refractivity contribution in [2.24, 2.45) is 5.92 Å². The quantitative estimate of drug-likeness (QED) is 0.891. The first-order chi connectivity index (χ1) is 12.4. The van der Waals surface area contributed by atoms with Gasteiger partial charge in [0.1, 0.15) is 4.90 Å². The summed E-state index contributed by atoms with van der Waals surface area (Å²) in [5.41, 5.74) is 1.48. The molecule has 0 unspecified atom stereocenters. The monoisotopic (exact) mass is 373 g/mol. The van der Waals surface area contributed by atoms with E-state index in [1.54, 1.807) is 18.3 Å². The van der Waals surface area contributed by atoms with Gasteiger partial charge in [0.05, 0.1) is 11.4 Å². The van der Waals surface area contributed by atoms with Gasteiger partial charge in [0.2, 0.25) is 15.9 Å². The van der Waals surface area contributed by atoms with Gasteiger partial charge in [-0.2, -0.15) is 4.31 Å². The number of pyridine rings is 1. The maximum absolute atomic E-state index is 13.2. The summed E-state index contributed by atoms with van der Waals surface area (Å²) in [5, 5.41) is 3.81. The van der Waals surface area contributed by atoms with Crippen LogP contribution in [0.2, 0.25) is 0 Å². The van der Waals surface area contributed by atoms with Gasteiger partial charge in [-0.15, -0.1) is 0 Å². The Morgan fingerprint density at radius 1 is 1.27 bits per heavy atom. The van der Waals surface area contributed by atoms with E-state index in [2.05, 4.69) is 10.3 Å². The van der Waals surface area contributed by atoms with Crippen molar-refractivity contribution in [2.75, 3.05) is 13.1 Å². The van der Waals surface area contributed by atoms with Crippen LogP contribution in [-0.4, -0.2) is 42.7 Å². The lowest BCUT2D eigenvalue weighted by atomic mass is 9.99. The summed E-state index contributed by atoms with van der Waals surface area (Å²) in [6, 6.07) is 7.45. The third-order valence-corrected chi connectivity index (χ3v) is 7.00. The molecule has 1 aromatic heterocycles. The summed E-state index contributed by atoms with van der Waals surface area (Å²) < 4.78 is 27.9. The van der Waals surface area contributed by atoms with E-state index < -0.39 is 10.0 Å². The van der Waals surface area contributed by atoms with Crippen LogP contribution in [0.4, 0.5) is 0 Å². The highest BCUT2D eigenvalue weighted by atomic mass is 32.2. The van der Waals surface area contributed by atoms with E-state index in [4.69, 9.17) is 0 Å². The third-order valence-electron chi connectivity index (χ3n) is 5.11. The standard InChI is InChI=1S/C19H23N3O3S/c1-13-10-14-4-2-6-17(18(14)20-11-13)26(24,25)22-9-3-5-15(12-22)19(23)21-16-7-8-16/h2,4,6,10-11,15-16H,3,5,7-9,12H2,1H3,(H,21,23)/t15-/m0/s1. The number of fused-ring (bicyclic) bond motifs is 1. The lowest BCUT2D eigenvalue weighted by molar-refractivity contribution is -0.126. The largest absolute Gasteiger partial charge is 0.353 e. The molecular weight excluding hydrogens is 350 g/mol. The molecule has 1 atom stereocenters. The molecule has 1 saturated heterocycles. The number of sulfonamides is 1. The number of nitrogens with zero attached hydrogens (tertiary/aromatic N) is 2. The van der Waals surface area contributed by atoms with E-state index in [0.29, 0.717) is 24.5 Å². The molecule has 2 heterocycles. The number of carbonyl (C=O) groups excluding carboxylic acids is 1. The number of rotatable bonds is 4. The van der Waals surface area contributed by atoms with Gasteiger partial charge in [0, 0.05) is 30.7 Å². The number of aryl methyl sites for hydroxylation is 1. The number of piperidine rings is 1. The Bertz CT molecular complexity index is 954. The van der Waals surface area contributed by atoms with Gasteiger partial charge in [-0.05, 0) is 50.3 Å². The Labute approximate surface area is 153 Å². The molecule has 0 spiro atoms. The van der Waals surface area contributed by atoms with Crippen molar-refractivity contribution in [3.05, 3.63) is 36.0 Å². The van der Waals surface area contributed by atoms with Gasteiger partial charge in [0.15, 0.2) is 0 Å². The minimum Gasteiger partial charge on any atom is -0.353 e. The number of benzene rings is 1. The van der Waals surface area contributed by atoms with Crippen LogP contribution < -0.4 is 5.32 Å². The average molecular weight is 373 g/mol. The van der Waals surface area contributed by atoms with Crippen LogP contribution in [-0.2, 0) is 14.8 Å². The molecule has 1 aromatic carbocycles. The molecule has 1 aliphatic carbocycles. The van der Waals surface area contributed by atoms with E-state index in [-0.39, 0.29) is 23.3 Å². The summed E-state index contributed by atoms with van der Waals surface area (Å²) in [6.07, 6.45) is 5.17. The van der Waals surface area contributed by atoms with Gasteiger partial charge in [-0.25, -0.2) is 8.42 Å². The zero-order chi connectivity index (χ0) is 18.3. The van der Waals surface area contributed by atoms with E-state index in [9.17, 15) is 13.2 Å². The first kappa shape index (κ1) is 17.4. The minimum absolute atomic E-state index is 0.0148. The number of hydrogen-bond donors (Lipinski definition) is 1. The highest BCUT2D eigenvalue weighted by Crippen LogP contribution is 2.29. The number of hydrogen-bond acceptors (Lipinski definition) is 4. The van der Waals surface area contributed by atoms with E-state index >= 15 is 0 Å². The maximum atomic E-state index is 13.2. The zero-order valence-corrected chi connectivity index (χ0v) is 15.6. The van der Waals surface area contributed by atoms with E-state index in [1.807, 2.05) is 19.1 Å². The fraction of sp³-hybridized carbons (Fsp3) is 0.474. The number of carbonyl (C=O) groups is 1. The molecule has 2 aromatic rings. The molecule has 0 radical (unpaired) electrons. The number of para-hydroxylation sites is 1. The predicted molar refractivity (Wildman–Crippen MR) is 99.1 cm³/mol. The average Bonchev–Trinajstić information content (AvgIpc) is 3.45. The summed E-state index contributed by atoms with van der Waals surface area (Å²) >= 11 is 0. The smallest absolute Gasteiger partial charge is 0.245 e. The second kappa shape index (κ2) is 6.63. The maximum Gasteiger partial charge on any atom is 0.245 e. The van der Waals surface area contributed by atoms with Gasteiger partial charge < -0.3 is 5.32 Å². The number of aromatic nitrogens is 1. The summed E-state index contributed by atoms with van der Waals surface area (Å²) in [7, 11) is -3.69. The second-order valence-corrected chi connectivity index (χ2v) is 9.23. The van der Waals surface area contributed by atoms with Crippen molar-refractivity contribution in [3.63, 3.8) is 0 Å². The Hall–Kier alpha value is -1.99. The number of amides is 1. The van der Waals surface area contributed by atoms with Crippen molar-refractivity contribution in [1.82, 2.24) is 14.6 Å². The van der Waals surface area contributed by atoms with Crippen molar-refractivity contribution < 1.29 is 13.2 Å². The van der Waals surface area contributed by atoms with Crippen LogP contribution in [0.1, 0.15) is 31.2 Å². The summed E-state index contributed by atoms with van der Waals surface area (Å²) in [4.78, 5) is 16.9. The first-order valence-corrected chi connectivity index (χ1v) is 10.5. The van der Waals surface area contributed by atoms with Crippen molar-refractivity contribution in [3.8, 4) is 0 Å². The molecule has 2 aliphatic rings. The lowest BCUT2D eigenvalue weighted by Gasteiger charge is -2.31. The Kier molecular flexibility index (Phi) is 4.44. The van der Waals surface area contributed by atoms with Crippen molar-refractivity contribution in [2.45, 2.75) is 43.5 Å². The van der Waals surface area contributed by atoms with Crippen molar-refractivity contribution >= 4 is 26.8 Å². The molecule has 4 rings (SSSR count). The number of nitrogens with one attached hydrogen (secondary N) is 1. The van der Waals surface area contributed by atoms with Crippen LogP contribution in [0.25, 0.3) is 10.9 Å². The lowest BCUT2D eigenvalue weighted by Crippen LogP contribution is -2.45. The highest BCUT2D eigenvalue weighted by molar-refractivity contribution is 7.89. The van der Waals surface area contributed by atoms with Gasteiger partial charge >= 0.3 is 0 Å². The molecule has 138 valence electrons. The summed E-state index contributed by atoms with van der Waals surface area (Å²) in [5.74, 6) is -0.289. The fourth-order valence-corrected chi connectivity index (χ4v) is 5.20. The molecule has 2 fully saturated rings.